The first-order valence-electron chi connectivity index (χ1n) is 4.12. The van der Waals surface area contributed by atoms with Gasteiger partial charge in [-0.3, -0.25) is 0 Å². The fraction of sp³-hybridized carbons (Fsp3) is 0.333. The molecule has 0 saturated heterocycles. The van der Waals surface area contributed by atoms with Crippen LogP contribution in [-0.2, 0) is 4.33 Å². The highest BCUT2D eigenvalue weighted by atomic mass is 35.6. The molecule has 1 aromatic carbocycles. The molecule has 8 heteroatoms. The van der Waals surface area contributed by atoms with Gasteiger partial charge in [0.25, 0.3) is 0 Å². The van der Waals surface area contributed by atoms with Crippen molar-refractivity contribution in [2.45, 2.75) is 12.5 Å². The van der Waals surface area contributed by atoms with E-state index < -0.39 is 12.5 Å². The first-order valence-corrected chi connectivity index (χ1v) is 6.76. The molecule has 0 unspecified atom stereocenters. The Morgan fingerprint density at radius 2 is 1.18 bits per heavy atom. The van der Waals surface area contributed by atoms with Crippen molar-refractivity contribution in [3.63, 3.8) is 0 Å². The molecule has 1 aromatic rings. The van der Waals surface area contributed by atoms with E-state index in [2.05, 4.69) is 0 Å². The number of aromatic hydroxyl groups is 1. The van der Waals surface area contributed by atoms with E-state index in [-0.39, 0.29) is 11.3 Å². The Kier molecular flexibility index (Phi) is 4.93. The molecular formula is C9H5Cl7O. The van der Waals surface area contributed by atoms with E-state index in [0.29, 0.717) is 0 Å². The second-order valence-corrected chi connectivity index (χ2v) is 8.13. The molecule has 0 amide bonds. The van der Waals surface area contributed by atoms with E-state index >= 15 is 0 Å². The van der Waals surface area contributed by atoms with Crippen LogP contribution in [0, 0.1) is 0 Å². The summed E-state index contributed by atoms with van der Waals surface area (Å²) < 4.78 is -6.04. The molecule has 0 radical (unpaired) electrons. The second kappa shape index (κ2) is 5.20. The first kappa shape index (κ1) is 16.1. The molecule has 1 N–H and O–H groups in total. The maximum atomic E-state index is 9.15. The van der Waals surface area contributed by atoms with Gasteiger partial charge in [-0.1, -0.05) is 93.3 Å². The van der Waals surface area contributed by atoms with Crippen LogP contribution in [0.2, 0.25) is 0 Å². The van der Waals surface area contributed by atoms with Crippen LogP contribution in [0.15, 0.2) is 24.3 Å². The predicted octanol–water partition coefficient (Wildman–Crippen LogP) is 5.57. The zero-order chi connectivity index (χ0) is 13.5. The number of rotatable bonds is 2. The van der Waals surface area contributed by atoms with Crippen LogP contribution in [0.5, 0.6) is 5.75 Å². The Balaban J connectivity index is 3.23. The van der Waals surface area contributed by atoms with Gasteiger partial charge in [0.1, 0.15) is 5.75 Å². The fourth-order valence-corrected chi connectivity index (χ4v) is 2.50. The van der Waals surface area contributed by atoms with Crippen molar-refractivity contribution in [3.05, 3.63) is 29.8 Å². The average molecular weight is 377 g/mol. The second-order valence-electron chi connectivity index (χ2n) is 3.19. The van der Waals surface area contributed by atoms with Crippen LogP contribution in [0.25, 0.3) is 0 Å². The normalized spacial score (nSPS) is 13.8. The third kappa shape index (κ3) is 3.14. The standard InChI is InChI=1S/C9H5Cl7O/c10-7(11,8(12,13)9(14,15)16)5-1-3-6(17)4-2-5/h1-4,17H. The number of hydrogen-bond acceptors (Lipinski definition) is 1. The van der Waals surface area contributed by atoms with Gasteiger partial charge in [-0.25, -0.2) is 0 Å². The first-order chi connectivity index (χ1) is 7.50. The summed E-state index contributed by atoms with van der Waals surface area (Å²) in [6.07, 6.45) is 0. The minimum Gasteiger partial charge on any atom is -0.508 e. The smallest absolute Gasteiger partial charge is 0.226 e. The van der Waals surface area contributed by atoms with Gasteiger partial charge in [0, 0.05) is 0 Å². The van der Waals surface area contributed by atoms with E-state index in [9.17, 15) is 0 Å². The van der Waals surface area contributed by atoms with Gasteiger partial charge >= 0.3 is 0 Å². The number of benzene rings is 1. The third-order valence-corrected chi connectivity index (χ3v) is 5.94. The molecule has 0 bridgehead atoms. The Morgan fingerprint density at radius 1 is 0.765 bits per heavy atom. The quantitative estimate of drug-likeness (QED) is 0.669. The molecule has 0 fully saturated rings. The van der Waals surface area contributed by atoms with Crippen molar-refractivity contribution in [3.8, 4) is 5.75 Å². The van der Waals surface area contributed by atoms with Crippen molar-refractivity contribution < 1.29 is 5.11 Å². The minimum atomic E-state index is -2.10. The van der Waals surface area contributed by atoms with E-state index in [1.807, 2.05) is 0 Å². The maximum Gasteiger partial charge on any atom is 0.226 e. The number of alkyl halides is 7. The lowest BCUT2D eigenvalue weighted by molar-refractivity contribution is 0.475. The van der Waals surface area contributed by atoms with Crippen molar-refractivity contribution >= 4 is 81.2 Å². The van der Waals surface area contributed by atoms with Crippen LogP contribution in [0.3, 0.4) is 0 Å². The SMILES string of the molecule is Oc1ccc(C(Cl)(Cl)C(Cl)(Cl)C(Cl)(Cl)Cl)cc1. The van der Waals surface area contributed by atoms with Crippen molar-refractivity contribution in [1.82, 2.24) is 0 Å². The Labute approximate surface area is 133 Å². The number of phenolic OH excluding ortho intramolecular Hbond substituents is 1. The Bertz CT molecular complexity index is 393. The molecule has 0 aliphatic rings. The lowest BCUT2D eigenvalue weighted by Crippen LogP contribution is -2.45. The van der Waals surface area contributed by atoms with E-state index in [4.69, 9.17) is 86.3 Å². The molecule has 17 heavy (non-hydrogen) atoms. The predicted molar refractivity (Wildman–Crippen MR) is 76.2 cm³/mol. The zero-order valence-corrected chi connectivity index (χ0v) is 13.2. The molecule has 1 nitrogen and oxygen atoms in total. The summed E-state index contributed by atoms with van der Waals surface area (Å²) in [4.78, 5) is 0. The molecule has 0 heterocycles. The lowest BCUT2D eigenvalue weighted by Gasteiger charge is -2.37. The summed E-state index contributed by atoms with van der Waals surface area (Å²) >= 11 is 40.9. The summed E-state index contributed by atoms with van der Waals surface area (Å²) in [5.41, 5.74) is 0.287. The largest absolute Gasteiger partial charge is 0.508 e. The summed E-state index contributed by atoms with van der Waals surface area (Å²) in [6, 6.07) is 5.56. The highest BCUT2D eigenvalue weighted by Crippen LogP contribution is 2.60. The van der Waals surface area contributed by atoms with Gasteiger partial charge in [0.15, 0.2) is 4.33 Å². The zero-order valence-electron chi connectivity index (χ0n) is 7.90. The molecule has 0 atom stereocenters. The molecular weight excluding hydrogens is 372 g/mol. The summed E-state index contributed by atoms with van der Waals surface area (Å²) in [7, 11) is 0. The summed E-state index contributed by atoms with van der Waals surface area (Å²) in [6.45, 7) is 0. The third-order valence-electron chi connectivity index (χ3n) is 1.98. The number of hydrogen-bond donors (Lipinski definition) is 1. The van der Waals surface area contributed by atoms with Gasteiger partial charge in [-0.15, -0.1) is 0 Å². The topological polar surface area (TPSA) is 20.2 Å². The van der Waals surface area contributed by atoms with Gasteiger partial charge in [0.2, 0.25) is 8.13 Å². The number of phenols is 1. The fourth-order valence-electron chi connectivity index (χ4n) is 1.03. The molecule has 0 aromatic heterocycles. The molecule has 0 spiro atoms. The van der Waals surface area contributed by atoms with Crippen LogP contribution < -0.4 is 0 Å². The Hall–Kier alpha value is 1.05. The molecule has 0 aliphatic heterocycles. The average Bonchev–Trinajstić information content (AvgIpc) is 2.16. The van der Waals surface area contributed by atoms with Crippen LogP contribution in [0.1, 0.15) is 5.56 Å². The lowest BCUT2D eigenvalue weighted by atomic mass is 10.1. The van der Waals surface area contributed by atoms with Gasteiger partial charge in [-0.2, -0.15) is 0 Å². The van der Waals surface area contributed by atoms with Crippen molar-refractivity contribution in [1.29, 1.82) is 0 Å². The van der Waals surface area contributed by atoms with E-state index in [0.717, 1.165) is 0 Å². The van der Waals surface area contributed by atoms with Crippen molar-refractivity contribution in [2.24, 2.45) is 0 Å². The summed E-state index contributed by atoms with van der Waals surface area (Å²) in [5.74, 6) is 0.0292. The molecule has 0 saturated carbocycles. The summed E-state index contributed by atoms with van der Waals surface area (Å²) in [5, 5.41) is 9.15. The van der Waals surface area contributed by atoms with Gasteiger partial charge in [-0.05, 0) is 17.7 Å². The van der Waals surface area contributed by atoms with Crippen molar-refractivity contribution in [2.75, 3.05) is 0 Å². The van der Waals surface area contributed by atoms with E-state index in [1.165, 1.54) is 24.3 Å². The van der Waals surface area contributed by atoms with Crippen LogP contribution >= 0.6 is 81.2 Å². The molecule has 0 aliphatic carbocycles. The van der Waals surface area contributed by atoms with E-state index in [1.54, 1.807) is 0 Å². The molecule has 96 valence electrons. The van der Waals surface area contributed by atoms with Crippen LogP contribution in [-0.4, -0.2) is 13.2 Å². The number of halogens is 7. The van der Waals surface area contributed by atoms with Gasteiger partial charge < -0.3 is 5.11 Å². The highest BCUT2D eigenvalue weighted by molar-refractivity contribution is 6.78. The monoisotopic (exact) mass is 374 g/mol. The Morgan fingerprint density at radius 3 is 1.53 bits per heavy atom. The van der Waals surface area contributed by atoms with Gasteiger partial charge in [0.05, 0.1) is 0 Å². The maximum absolute atomic E-state index is 9.15. The highest BCUT2D eigenvalue weighted by Gasteiger charge is 2.60. The molecule has 1 rings (SSSR count). The van der Waals surface area contributed by atoms with Crippen LogP contribution in [0.4, 0.5) is 0 Å². The minimum absolute atomic E-state index is 0.0292.